The molecule has 0 aliphatic carbocycles. The molecule has 1 aliphatic rings. The van der Waals surface area contributed by atoms with Crippen LogP contribution in [0.5, 0.6) is 0 Å². The van der Waals surface area contributed by atoms with Crippen molar-refractivity contribution in [1.82, 2.24) is 20.9 Å². The molecule has 1 fully saturated rings. The van der Waals surface area contributed by atoms with Crippen LogP contribution in [-0.4, -0.2) is 57.0 Å². The Morgan fingerprint density at radius 2 is 1.97 bits per heavy atom. The molecule has 1 aliphatic heterocycles. The molecule has 7 nitrogen and oxygen atoms in total. The predicted octanol–water partition coefficient (Wildman–Crippen LogP) is 3.19. The number of nitrogens with zero attached hydrogens (tertiary/aromatic N) is 2. The molecule has 2 heterocycles. The van der Waals surface area contributed by atoms with E-state index in [-0.39, 0.29) is 35.9 Å². The van der Waals surface area contributed by atoms with Crippen LogP contribution in [0, 0.1) is 0 Å². The number of furan rings is 1. The minimum absolute atomic E-state index is 0. The smallest absolute Gasteiger partial charge is 0.251 e. The van der Waals surface area contributed by atoms with E-state index in [1.54, 1.807) is 20.4 Å². The number of hydrogen-bond donors (Lipinski definition) is 3. The number of carbonyl (C=O) groups is 1. The van der Waals surface area contributed by atoms with E-state index in [0.29, 0.717) is 5.56 Å². The van der Waals surface area contributed by atoms with Crippen molar-refractivity contribution >= 4 is 35.8 Å². The van der Waals surface area contributed by atoms with E-state index in [4.69, 9.17) is 4.42 Å². The van der Waals surface area contributed by atoms with Gasteiger partial charge in [0, 0.05) is 32.7 Å². The van der Waals surface area contributed by atoms with Gasteiger partial charge < -0.3 is 20.4 Å². The SMILES string of the molecule is CN=C(NCCc1cccc(C(=O)NC)c1)NCC(c1ccco1)N1CCCCC1.I. The molecule has 1 amide bonds. The van der Waals surface area contributed by atoms with E-state index in [1.807, 2.05) is 30.3 Å². The molecule has 1 saturated heterocycles. The summed E-state index contributed by atoms with van der Waals surface area (Å²) in [6.07, 6.45) is 6.32. The fraction of sp³-hybridized carbons (Fsp3) is 0.478. The van der Waals surface area contributed by atoms with Crippen molar-refractivity contribution in [1.29, 1.82) is 0 Å². The Morgan fingerprint density at radius 1 is 1.16 bits per heavy atom. The lowest BCUT2D eigenvalue weighted by atomic mass is 10.1. The number of piperidine rings is 1. The minimum atomic E-state index is -0.0658. The first kappa shape index (κ1) is 25.2. The fourth-order valence-electron chi connectivity index (χ4n) is 3.87. The van der Waals surface area contributed by atoms with Gasteiger partial charge in [-0.15, -0.1) is 24.0 Å². The molecule has 0 radical (unpaired) electrons. The van der Waals surface area contributed by atoms with Crippen LogP contribution in [0.2, 0.25) is 0 Å². The molecular weight excluding hydrogens is 505 g/mol. The fourth-order valence-corrected chi connectivity index (χ4v) is 3.87. The van der Waals surface area contributed by atoms with Gasteiger partial charge in [-0.3, -0.25) is 14.7 Å². The highest BCUT2D eigenvalue weighted by molar-refractivity contribution is 14.0. The summed E-state index contributed by atoms with van der Waals surface area (Å²) in [4.78, 5) is 18.7. The van der Waals surface area contributed by atoms with Crippen molar-refractivity contribution < 1.29 is 9.21 Å². The lowest BCUT2D eigenvalue weighted by molar-refractivity contribution is 0.0963. The summed E-state index contributed by atoms with van der Waals surface area (Å²) in [7, 11) is 3.43. The number of nitrogens with one attached hydrogen (secondary N) is 3. The summed E-state index contributed by atoms with van der Waals surface area (Å²) in [5.74, 6) is 1.70. The van der Waals surface area contributed by atoms with Crippen molar-refractivity contribution in [2.45, 2.75) is 31.7 Å². The number of guanidine groups is 1. The lowest BCUT2D eigenvalue weighted by Gasteiger charge is -2.33. The van der Waals surface area contributed by atoms with Crippen LogP contribution in [0.25, 0.3) is 0 Å². The third kappa shape index (κ3) is 7.53. The van der Waals surface area contributed by atoms with E-state index in [0.717, 1.165) is 49.9 Å². The van der Waals surface area contributed by atoms with Gasteiger partial charge in [0.05, 0.1) is 12.3 Å². The van der Waals surface area contributed by atoms with E-state index < -0.39 is 0 Å². The first-order valence-corrected chi connectivity index (χ1v) is 10.7. The number of carbonyl (C=O) groups excluding carboxylic acids is 1. The number of halogens is 1. The Balaban J connectivity index is 0.00000341. The third-order valence-corrected chi connectivity index (χ3v) is 5.51. The average molecular weight is 539 g/mol. The van der Waals surface area contributed by atoms with Crippen molar-refractivity contribution in [3.05, 3.63) is 59.5 Å². The van der Waals surface area contributed by atoms with E-state index in [9.17, 15) is 4.79 Å². The van der Waals surface area contributed by atoms with Crippen LogP contribution in [0.15, 0.2) is 52.1 Å². The molecule has 2 aromatic rings. The van der Waals surface area contributed by atoms with Crippen molar-refractivity contribution in [3.63, 3.8) is 0 Å². The minimum Gasteiger partial charge on any atom is -0.468 e. The molecule has 0 bridgehead atoms. The predicted molar refractivity (Wildman–Crippen MR) is 135 cm³/mol. The Kier molecular flexibility index (Phi) is 10.9. The second kappa shape index (κ2) is 13.4. The summed E-state index contributed by atoms with van der Waals surface area (Å²) in [6, 6.07) is 11.9. The van der Waals surface area contributed by atoms with Gasteiger partial charge in [0.1, 0.15) is 5.76 Å². The number of hydrogen-bond acceptors (Lipinski definition) is 4. The standard InChI is InChI=1S/C23H33N5O2.HI/c1-24-22(29)19-9-6-8-18(16-19)11-12-26-23(25-2)27-17-20(21-10-7-15-30-21)28-13-4-3-5-14-28;/h6-10,15-16,20H,3-5,11-14,17H2,1-2H3,(H,24,29)(H2,25,26,27);1H. The van der Waals surface area contributed by atoms with Crippen LogP contribution >= 0.6 is 24.0 Å². The molecule has 3 rings (SSSR count). The van der Waals surface area contributed by atoms with Crippen molar-refractivity contribution in [2.75, 3.05) is 40.3 Å². The number of rotatable bonds is 8. The Labute approximate surface area is 202 Å². The maximum absolute atomic E-state index is 11.8. The number of likely N-dealkylation sites (tertiary alicyclic amines) is 1. The van der Waals surface area contributed by atoms with Gasteiger partial charge in [-0.05, 0) is 62.2 Å². The molecule has 1 atom stereocenters. The van der Waals surface area contributed by atoms with Crippen molar-refractivity contribution in [3.8, 4) is 0 Å². The summed E-state index contributed by atoms with van der Waals surface area (Å²) < 4.78 is 5.72. The molecule has 1 unspecified atom stereocenters. The molecule has 3 N–H and O–H groups in total. The molecule has 8 heteroatoms. The topological polar surface area (TPSA) is 81.9 Å². The van der Waals surface area contributed by atoms with Crippen LogP contribution in [0.4, 0.5) is 0 Å². The molecule has 1 aromatic carbocycles. The zero-order chi connectivity index (χ0) is 21.2. The van der Waals surface area contributed by atoms with E-state index in [1.165, 1.54) is 19.3 Å². The molecule has 0 saturated carbocycles. The molecule has 1 aromatic heterocycles. The van der Waals surface area contributed by atoms with Gasteiger partial charge in [-0.2, -0.15) is 0 Å². The summed E-state index contributed by atoms with van der Waals surface area (Å²) in [6.45, 7) is 3.66. The van der Waals surface area contributed by atoms with Gasteiger partial charge in [0.2, 0.25) is 0 Å². The van der Waals surface area contributed by atoms with Gasteiger partial charge in [-0.1, -0.05) is 18.6 Å². The summed E-state index contributed by atoms with van der Waals surface area (Å²) in [5, 5.41) is 9.49. The Bertz CT molecular complexity index is 819. The van der Waals surface area contributed by atoms with Crippen LogP contribution < -0.4 is 16.0 Å². The normalized spacial score (nSPS) is 15.6. The summed E-state index contributed by atoms with van der Waals surface area (Å²) >= 11 is 0. The van der Waals surface area contributed by atoms with Gasteiger partial charge in [-0.25, -0.2) is 0 Å². The highest BCUT2D eigenvalue weighted by Gasteiger charge is 2.24. The van der Waals surface area contributed by atoms with Gasteiger partial charge >= 0.3 is 0 Å². The highest BCUT2D eigenvalue weighted by Crippen LogP contribution is 2.24. The maximum Gasteiger partial charge on any atom is 0.251 e. The quantitative estimate of drug-likeness (QED) is 0.273. The monoisotopic (exact) mass is 539 g/mol. The largest absolute Gasteiger partial charge is 0.468 e. The second-order valence-electron chi connectivity index (χ2n) is 7.54. The van der Waals surface area contributed by atoms with Crippen LogP contribution in [0.1, 0.15) is 47.0 Å². The van der Waals surface area contributed by atoms with Gasteiger partial charge in [0.25, 0.3) is 5.91 Å². The van der Waals surface area contributed by atoms with Gasteiger partial charge in [0.15, 0.2) is 5.96 Å². The second-order valence-corrected chi connectivity index (χ2v) is 7.54. The number of benzene rings is 1. The molecule has 31 heavy (non-hydrogen) atoms. The Hall–Kier alpha value is -2.07. The highest BCUT2D eigenvalue weighted by atomic mass is 127. The molecular formula is C23H34IN5O2. The number of aliphatic imine (C=N–C) groups is 1. The maximum atomic E-state index is 11.8. The van der Waals surface area contributed by atoms with Crippen LogP contribution in [-0.2, 0) is 6.42 Å². The molecule has 170 valence electrons. The third-order valence-electron chi connectivity index (χ3n) is 5.51. The Morgan fingerprint density at radius 3 is 2.65 bits per heavy atom. The first-order valence-electron chi connectivity index (χ1n) is 10.7. The van der Waals surface area contributed by atoms with E-state index in [2.05, 4.69) is 31.9 Å². The first-order chi connectivity index (χ1) is 14.7. The average Bonchev–Trinajstić information content (AvgIpc) is 3.33. The lowest BCUT2D eigenvalue weighted by Crippen LogP contribution is -2.44. The van der Waals surface area contributed by atoms with E-state index >= 15 is 0 Å². The van der Waals surface area contributed by atoms with Crippen molar-refractivity contribution in [2.24, 2.45) is 4.99 Å². The molecule has 0 spiro atoms. The number of amides is 1. The zero-order valence-electron chi connectivity index (χ0n) is 18.4. The summed E-state index contributed by atoms with van der Waals surface area (Å²) in [5.41, 5.74) is 1.79. The van der Waals surface area contributed by atoms with Crippen LogP contribution in [0.3, 0.4) is 0 Å². The zero-order valence-corrected chi connectivity index (χ0v) is 20.7.